The monoisotopic (exact) mass is 345 g/mol. The fourth-order valence-corrected chi connectivity index (χ4v) is 2.89. The molecular formula is C23H23NO2+. The standard InChI is InChI=1S/C23H23NO2/c1-24(2,23(25)16-18-8-5-4-6-9-18)21-11-7-10-20(17-21)19-12-14-22(26-3)15-13-19/h4-15,17H,3,16H2,1-2H3/q+1. The fourth-order valence-electron chi connectivity index (χ4n) is 2.89. The maximum Gasteiger partial charge on any atom is 0.322 e. The Bertz CT molecular complexity index is 884. The van der Waals surface area contributed by atoms with Crippen LogP contribution in [-0.2, 0) is 11.2 Å². The quantitative estimate of drug-likeness (QED) is 0.617. The molecule has 3 heteroatoms. The summed E-state index contributed by atoms with van der Waals surface area (Å²) >= 11 is 0. The second-order valence-corrected chi connectivity index (χ2v) is 6.73. The Labute approximate surface area is 155 Å². The van der Waals surface area contributed by atoms with Crippen molar-refractivity contribution >= 4 is 11.6 Å². The summed E-state index contributed by atoms with van der Waals surface area (Å²) in [4.78, 5) is 12.9. The molecule has 0 bridgehead atoms. The third-order valence-electron chi connectivity index (χ3n) is 4.67. The van der Waals surface area contributed by atoms with Crippen molar-refractivity contribution in [1.29, 1.82) is 0 Å². The Balaban J connectivity index is 1.86. The predicted octanol–water partition coefficient (Wildman–Crippen LogP) is 4.86. The van der Waals surface area contributed by atoms with Crippen LogP contribution < -0.4 is 9.22 Å². The van der Waals surface area contributed by atoms with E-state index >= 15 is 0 Å². The van der Waals surface area contributed by atoms with Crippen LogP contribution >= 0.6 is 0 Å². The van der Waals surface area contributed by atoms with Crippen LogP contribution in [0, 0.1) is 7.11 Å². The first-order chi connectivity index (χ1) is 12.5. The minimum absolute atomic E-state index is 0.147. The van der Waals surface area contributed by atoms with Gasteiger partial charge in [-0.1, -0.05) is 54.6 Å². The number of carbonyl (C=O) groups excluding carboxylic acids is 1. The topological polar surface area (TPSA) is 26.3 Å². The van der Waals surface area contributed by atoms with Crippen molar-refractivity contribution in [1.82, 2.24) is 4.48 Å². The molecule has 0 heterocycles. The molecule has 0 fully saturated rings. The highest BCUT2D eigenvalue weighted by Gasteiger charge is 2.29. The Morgan fingerprint density at radius 2 is 1.58 bits per heavy atom. The zero-order chi connectivity index (χ0) is 18.6. The Hall–Kier alpha value is -2.91. The summed E-state index contributed by atoms with van der Waals surface area (Å²) in [5, 5.41) is 0. The average Bonchev–Trinajstić information content (AvgIpc) is 2.69. The molecule has 131 valence electrons. The number of hydrogen-bond acceptors (Lipinski definition) is 2. The molecule has 1 amide bonds. The molecule has 3 aromatic rings. The van der Waals surface area contributed by atoms with Crippen LogP contribution in [0.3, 0.4) is 0 Å². The SMILES string of the molecule is [CH2]Oc1ccc(-c2cccc([N+](C)(C)C(=O)Cc3ccccc3)c2)cc1. The second kappa shape index (κ2) is 7.54. The molecule has 0 aliphatic carbocycles. The Kier molecular flexibility index (Phi) is 5.19. The molecule has 0 spiro atoms. The van der Waals surface area contributed by atoms with E-state index < -0.39 is 0 Å². The van der Waals surface area contributed by atoms with Gasteiger partial charge in [0.15, 0.2) is 0 Å². The summed E-state index contributed by atoms with van der Waals surface area (Å²) in [5.41, 5.74) is 4.13. The third kappa shape index (κ3) is 3.84. The molecule has 3 aromatic carbocycles. The molecule has 0 unspecified atom stereocenters. The summed E-state index contributed by atoms with van der Waals surface area (Å²) < 4.78 is 5.17. The van der Waals surface area contributed by atoms with Crippen molar-refractivity contribution in [3.63, 3.8) is 0 Å². The van der Waals surface area contributed by atoms with Gasteiger partial charge in [-0.15, -0.1) is 0 Å². The summed E-state index contributed by atoms with van der Waals surface area (Å²) in [5.74, 6) is 0.869. The minimum Gasteiger partial charge on any atom is -0.490 e. The van der Waals surface area contributed by atoms with Gasteiger partial charge in [-0.05, 0) is 34.9 Å². The van der Waals surface area contributed by atoms with Gasteiger partial charge in [0, 0.05) is 6.07 Å². The number of likely N-dealkylation sites (N-methyl/N-ethyl adjacent to an activating group) is 1. The first-order valence-electron chi connectivity index (χ1n) is 8.55. The van der Waals surface area contributed by atoms with Gasteiger partial charge in [0.1, 0.15) is 18.5 Å². The van der Waals surface area contributed by atoms with Crippen molar-refractivity contribution in [3.8, 4) is 16.9 Å². The van der Waals surface area contributed by atoms with E-state index in [0.717, 1.165) is 28.1 Å². The normalized spacial score (nSPS) is 11.2. The lowest BCUT2D eigenvalue weighted by Gasteiger charge is -2.27. The smallest absolute Gasteiger partial charge is 0.322 e. The molecule has 0 N–H and O–H groups in total. The van der Waals surface area contributed by atoms with Gasteiger partial charge < -0.3 is 4.74 Å². The molecule has 0 saturated heterocycles. The molecule has 0 saturated carbocycles. The van der Waals surface area contributed by atoms with Crippen LogP contribution in [0.5, 0.6) is 5.75 Å². The third-order valence-corrected chi connectivity index (χ3v) is 4.67. The van der Waals surface area contributed by atoms with Gasteiger partial charge in [0.25, 0.3) is 0 Å². The van der Waals surface area contributed by atoms with Crippen LogP contribution in [0.2, 0.25) is 0 Å². The van der Waals surface area contributed by atoms with Gasteiger partial charge >= 0.3 is 5.91 Å². The van der Waals surface area contributed by atoms with E-state index in [0.29, 0.717) is 6.42 Å². The van der Waals surface area contributed by atoms with Gasteiger partial charge in [-0.3, -0.25) is 0 Å². The highest BCUT2D eigenvalue weighted by molar-refractivity contribution is 5.90. The summed E-state index contributed by atoms with van der Waals surface area (Å²) in [7, 11) is 7.29. The molecule has 1 radical (unpaired) electrons. The lowest BCUT2D eigenvalue weighted by Crippen LogP contribution is -2.47. The van der Waals surface area contributed by atoms with Gasteiger partial charge in [-0.2, -0.15) is 0 Å². The highest BCUT2D eigenvalue weighted by Crippen LogP contribution is 2.28. The van der Waals surface area contributed by atoms with E-state index in [-0.39, 0.29) is 10.4 Å². The van der Waals surface area contributed by atoms with Crippen LogP contribution in [0.15, 0.2) is 78.9 Å². The second-order valence-electron chi connectivity index (χ2n) is 6.73. The molecule has 3 nitrogen and oxygen atoms in total. The van der Waals surface area contributed by atoms with Crippen LogP contribution in [0.1, 0.15) is 5.56 Å². The number of carbonyl (C=O) groups is 1. The number of amides is 1. The summed E-state index contributed by atoms with van der Waals surface area (Å²) in [6.07, 6.45) is 0.410. The van der Waals surface area contributed by atoms with Crippen molar-refractivity contribution in [2.45, 2.75) is 6.42 Å². The van der Waals surface area contributed by atoms with Crippen LogP contribution in [0.4, 0.5) is 5.69 Å². The van der Waals surface area contributed by atoms with Crippen molar-refractivity contribution in [2.24, 2.45) is 0 Å². The van der Waals surface area contributed by atoms with Gasteiger partial charge in [0.05, 0.1) is 20.5 Å². The Morgan fingerprint density at radius 1 is 0.885 bits per heavy atom. The summed E-state index contributed by atoms with van der Waals surface area (Å²) in [6.45, 7) is 0. The lowest BCUT2D eigenvalue weighted by molar-refractivity contribution is -0.127. The highest BCUT2D eigenvalue weighted by atomic mass is 16.5. The lowest BCUT2D eigenvalue weighted by atomic mass is 10.0. The molecular weight excluding hydrogens is 322 g/mol. The Morgan fingerprint density at radius 3 is 2.23 bits per heavy atom. The van der Waals surface area contributed by atoms with Crippen LogP contribution in [-0.4, -0.2) is 20.0 Å². The summed E-state index contributed by atoms with van der Waals surface area (Å²) in [6, 6.07) is 25.7. The maximum absolute atomic E-state index is 12.9. The van der Waals surface area contributed by atoms with Crippen molar-refractivity contribution < 1.29 is 9.53 Å². The van der Waals surface area contributed by atoms with Crippen molar-refractivity contribution in [3.05, 3.63) is 91.5 Å². The van der Waals surface area contributed by atoms with E-state index in [1.54, 1.807) is 0 Å². The van der Waals surface area contributed by atoms with Gasteiger partial charge in [0.2, 0.25) is 0 Å². The molecule has 0 atom stereocenters. The molecule has 3 rings (SSSR count). The van der Waals surface area contributed by atoms with Gasteiger partial charge in [-0.25, -0.2) is 9.28 Å². The zero-order valence-corrected chi connectivity index (χ0v) is 15.2. The number of hydrogen-bond donors (Lipinski definition) is 0. The molecule has 0 aliphatic rings. The predicted molar refractivity (Wildman–Crippen MR) is 107 cm³/mol. The van der Waals surface area contributed by atoms with E-state index in [9.17, 15) is 4.79 Å². The van der Waals surface area contributed by atoms with Crippen molar-refractivity contribution in [2.75, 3.05) is 14.1 Å². The van der Waals surface area contributed by atoms with Crippen LogP contribution in [0.25, 0.3) is 11.1 Å². The fraction of sp³-hybridized carbons (Fsp3) is 0.130. The first-order valence-corrected chi connectivity index (χ1v) is 8.55. The largest absolute Gasteiger partial charge is 0.490 e. The number of benzene rings is 3. The number of quaternary nitrogens is 1. The number of nitrogens with zero attached hydrogens (tertiary/aromatic N) is 1. The maximum atomic E-state index is 12.9. The van der Waals surface area contributed by atoms with E-state index in [1.807, 2.05) is 86.9 Å². The molecule has 0 aromatic heterocycles. The first kappa shape index (κ1) is 17.9. The van der Waals surface area contributed by atoms with E-state index in [4.69, 9.17) is 4.74 Å². The average molecular weight is 345 g/mol. The number of ether oxygens (including phenoxy) is 1. The number of rotatable bonds is 5. The zero-order valence-electron chi connectivity index (χ0n) is 15.2. The van der Waals surface area contributed by atoms with E-state index in [2.05, 4.69) is 13.2 Å². The molecule has 26 heavy (non-hydrogen) atoms. The van der Waals surface area contributed by atoms with E-state index in [1.165, 1.54) is 0 Å². The minimum atomic E-state index is 0.147. The molecule has 0 aliphatic heterocycles.